The molecule has 1 aromatic heterocycles. The summed E-state index contributed by atoms with van der Waals surface area (Å²) in [4.78, 5) is 23.9. The Kier molecular flexibility index (Phi) is 3.25. The van der Waals surface area contributed by atoms with Crippen molar-refractivity contribution in [2.45, 2.75) is 36.4 Å². The van der Waals surface area contributed by atoms with Gasteiger partial charge in [0.15, 0.2) is 5.16 Å². The third-order valence-corrected chi connectivity index (χ3v) is 4.29. The first kappa shape index (κ1) is 13.7. The number of carbonyl (C=O) groups is 1. The fourth-order valence-corrected chi connectivity index (χ4v) is 3.31. The molecular formula is C13H15N5O2S. The van der Waals surface area contributed by atoms with Gasteiger partial charge in [0.25, 0.3) is 0 Å². The van der Waals surface area contributed by atoms with E-state index in [4.69, 9.17) is 5.73 Å². The van der Waals surface area contributed by atoms with Crippen molar-refractivity contribution in [3.63, 3.8) is 0 Å². The fraction of sp³-hybridized carbons (Fsp3) is 0.308. The van der Waals surface area contributed by atoms with Crippen LogP contribution in [-0.2, 0) is 11.2 Å². The molecule has 1 aliphatic rings. The molecule has 0 atom stereocenters. The van der Waals surface area contributed by atoms with Crippen molar-refractivity contribution in [2.24, 2.45) is 0 Å². The molecule has 1 aromatic carbocycles. The maximum atomic E-state index is 11.7. The topological polar surface area (TPSA) is 106 Å². The van der Waals surface area contributed by atoms with Gasteiger partial charge in [-0.1, -0.05) is 0 Å². The first-order valence-electron chi connectivity index (χ1n) is 6.52. The summed E-state index contributed by atoms with van der Waals surface area (Å²) < 4.78 is 1.57. The first-order valence-corrected chi connectivity index (χ1v) is 7.34. The Balaban J connectivity index is 1.98. The van der Waals surface area contributed by atoms with Gasteiger partial charge in [-0.2, -0.15) is 0 Å². The van der Waals surface area contributed by atoms with E-state index < -0.39 is 0 Å². The molecule has 0 unspecified atom stereocenters. The Morgan fingerprint density at radius 3 is 2.86 bits per heavy atom. The monoisotopic (exact) mass is 305 g/mol. The van der Waals surface area contributed by atoms with E-state index in [9.17, 15) is 9.59 Å². The number of hydrogen-bond acceptors (Lipinski definition) is 5. The van der Waals surface area contributed by atoms with Gasteiger partial charge in [0.2, 0.25) is 5.91 Å². The SMILES string of the molecule is CC(C)n1c(Sc2cc3c(cc2N)CC(=O)N3)n[nH]c1=O. The zero-order chi connectivity index (χ0) is 15.1. The summed E-state index contributed by atoms with van der Waals surface area (Å²) in [5, 5.41) is 9.81. The summed E-state index contributed by atoms with van der Waals surface area (Å²) in [5.41, 5.74) is 8.02. The first-order chi connectivity index (χ1) is 9.95. The minimum Gasteiger partial charge on any atom is -0.398 e. The van der Waals surface area contributed by atoms with E-state index in [-0.39, 0.29) is 17.6 Å². The molecular weight excluding hydrogens is 290 g/mol. The molecule has 0 radical (unpaired) electrons. The summed E-state index contributed by atoms with van der Waals surface area (Å²) in [6.45, 7) is 3.82. The standard InChI is InChI=1S/C13H15N5O2S/c1-6(2)18-12(20)16-17-13(18)21-10-5-9-7(3-8(10)14)4-11(19)15-9/h3,5-6H,4,14H2,1-2H3,(H,15,19)(H,16,20). The quantitative estimate of drug-likeness (QED) is 0.743. The number of nitrogen functional groups attached to an aromatic ring is 1. The van der Waals surface area contributed by atoms with Crippen LogP contribution < -0.4 is 16.7 Å². The number of nitrogens with zero attached hydrogens (tertiary/aromatic N) is 2. The largest absolute Gasteiger partial charge is 0.398 e. The van der Waals surface area contributed by atoms with Crippen LogP contribution in [0.2, 0.25) is 0 Å². The van der Waals surface area contributed by atoms with E-state index in [0.29, 0.717) is 17.3 Å². The molecule has 0 aliphatic carbocycles. The van der Waals surface area contributed by atoms with Crippen molar-refractivity contribution in [2.75, 3.05) is 11.1 Å². The van der Waals surface area contributed by atoms with Gasteiger partial charge in [-0.3, -0.25) is 9.36 Å². The van der Waals surface area contributed by atoms with Gasteiger partial charge in [0.1, 0.15) is 0 Å². The van der Waals surface area contributed by atoms with E-state index in [2.05, 4.69) is 15.5 Å². The lowest BCUT2D eigenvalue weighted by Crippen LogP contribution is -2.19. The van der Waals surface area contributed by atoms with Gasteiger partial charge in [0.05, 0.1) is 6.42 Å². The Bertz CT molecular complexity index is 777. The highest BCUT2D eigenvalue weighted by atomic mass is 32.2. The highest BCUT2D eigenvalue weighted by Crippen LogP contribution is 2.37. The highest BCUT2D eigenvalue weighted by Gasteiger charge is 2.21. The molecule has 7 nitrogen and oxygen atoms in total. The molecule has 4 N–H and O–H groups in total. The molecule has 0 saturated carbocycles. The number of amides is 1. The second-order valence-corrected chi connectivity index (χ2v) is 6.16. The Labute approximate surface area is 124 Å². The molecule has 0 spiro atoms. The van der Waals surface area contributed by atoms with Gasteiger partial charge in [-0.25, -0.2) is 9.89 Å². The van der Waals surface area contributed by atoms with Crippen LogP contribution in [-0.4, -0.2) is 20.7 Å². The number of benzene rings is 1. The van der Waals surface area contributed by atoms with Crippen LogP contribution in [0.25, 0.3) is 0 Å². The van der Waals surface area contributed by atoms with Crippen molar-refractivity contribution in [3.8, 4) is 0 Å². The summed E-state index contributed by atoms with van der Waals surface area (Å²) in [6.07, 6.45) is 0.351. The van der Waals surface area contributed by atoms with Crippen molar-refractivity contribution < 1.29 is 4.79 Å². The third kappa shape index (κ3) is 2.42. The average molecular weight is 305 g/mol. The average Bonchev–Trinajstić information content (AvgIpc) is 2.92. The summed E-state index contributed by atoms with van der Waals surface area (Å²) in [6, 6.07) is 3.61. The molecule has 8 heteroatoms. The Morgan fingerprint density at radius 2 is 2.14 bits per heavy atom. The molecule has 0 bridgehead atoms. The number of anilines is 2. The summed E-state index contributed by atoms with van der Waals surface area (Å²) in [7, 11) is 0. The van der Waals surface area contributed by atoms with E-state index in [1.807, 2.05) is 19.9 Å². The van der Waals surface area contributed by atoms with Crippen molar-refractivity contribution >= 4 is 29.0 Å². The van der Waals surface area contributed by atoms with E-state index in [1.54, 1.807) is 10.6 Å². The summed E-state index contributed by atoms with van der Waals surface area (Å²) in [5.74, 6) is -0.0367. The molecule has 110 valence electrons. The van der Waals surface area contributed by atoms with Gasteiger partial charge in [-0.15, -0.1) is 5.10 Å². The maximum absolute atomic E-state index is 11.7. The minimum atomic E-state index is -0.250. The molecule has 0 saturated heterocycles. The zero-order valence-corrected chi connectivity index (χ0v) is 12.5. The van der Waals surface area contributed by atoms with E-state index >= 15 is 0 Å². The molecule has 21 heavy (non-hydrogen) atoms. The lowest BCUT2D eigenvalue weighted by molar-refractivity contribution is -0.115. The van der Waals surface area contributed by atoms with Crippen molar-refractivity contribution in [3.05, 3.63) is 28.2 Å². The smallest absolute Gasteiger partial charge is 0.344 e. The van der Waals surface area contributed by atoms with Gasteiger partial charge in [0, 0.05) is 22.3 Å². The van der Waals surface area contributed by atoms with Gasteiger partial charge >= 0.3 is 5.69 Å². The fourth-order valence-electron chi connectivity index (χ4n) is 2.28. The molecule has 1 aliphatic heterocycles. The molecule has 2 aromatic rings. The van der Waals surface area contributed by atoms with E-state index in [1.165, 1.54) is 11.8 Å². The van der Waals surface area contributed by atoms with Crippen LogP contribution in [0.4, 0.5) is 11.4 Å². The highest BCUT2D eigenvalue weighted by molar-refractivity contribution is 7.99. The predicted molar refractivity (Wildman–Crippen MR) is 80.5 cm³/mol. The van der Waals surface area contributed by atoms with Crippen molar-refractivity contribution in [1.82, 2.24) is 14.8 Å². The van der Waals surface area contributed by atoms with Crippen molar-refractivity contribution in [1.29, 1.82) is 0 Å². The lowest BCUT2D eigenvalue weighted by Gasteiger charge is -2.11. The van der Waals surface area contributed by atoms with Crippen LogP contribution in [0, 0.1) is 0 Å². The van der Waals surface area contributed by atoms with Gasteiger partial charge < -0.3 is 11.1 Å². The van der Waals surface area contributed by atoms with Gasteiger partial charge in [-0.05, 0) is 43.3 Å². The molecule has 1 amide bonds. The van der Waals surface area contributed by atoms with E-state index in [0.717, 1.165) is 16.1 Å². The second-order valence-electron chi connectivity index (χ2n) is 5.15. The maximum Gasteiger partial charge on any atom is 0.344 e. The number of fused-ring (bicyclic) bond motifs is 1. The number of aromatic amines is 1. The number of rotatable bonds is 3. The normalized spacial score (nSPS) is 13.6. The summed E-state index contributed by atoms with van der Waals surface area (Å²) >= 11 is 1.30. The Morgan fingerprint density at radius 1 is 1.38 bits per heavy atom. The van der Waals surface area contributed by atoms with Crippen LogP contribution in [0.3, 0.4) is 0 Å². The number of hydrogen-bond donors (Lipinski definition) is 3. The number of H-pyrrole nitrogens is 1. The Hall–Kier alpha value is -2.22. The number of carbonyl (C=O) groups excluding carboxylic acids is 1. The predicted octanol–water partition coefficient (Wildman–Crippen LogP) is 1.38. The molecule has 3 rings (SSSR count). The minimum absolute atomic E-state index is 0.00546. The van der Waals surface area contributed by atoms with Crippen LogP contribution in [0.5, 0.6) is 0 Å². The third-order valence-electron chi connectivity index (χ3n) is 3.25. The van der Waals surface area contributed by atoms with Crippen LogP contribution in [0.1, 0.15) is 25.5 Å². The van der Waals surface area contributed by atoms with Crippen LogP contribution in [0.15, 0.2) is 27.0 Å². The number of nitrogens with two attached hydrogens (primary N) is 1. The van der Waals surface area contributed by atoms with Crippen LogP contribution >= 0.6 is 11.8 Å². The number of nitrogens with one attached hydrogen (secondary N) is 2. The lowest BCUT2D eigenvalue weighted by atomic mass is 10.1. The number of aromatic nitrogens is 3. The molecule has 0 fully saturated rings. The second kappa shape index (κ2) is 4.96. The zero-order valence-electron chi connectivity index (χ0n) is 11.6. The molecule has 2 heterocycles.